The van der Waals surface area contributed by atoms with Gasteiger partial charge >= 0.3 is 0 Å². The molecule has 3 N–H and O–H groups in total. The monoisotopic (exact) mass is 331 g/mol. The number of carbonyl (C=O) groups is 2. The van der Waals surface area contributed by atoms with Crippen LogP contribution in [0.15, 0.2) is 30.3 Å². The summed E-state index contributed by atoms with van der Waals surface area (Å²) in [7, 11) is 0. The lowest BCUT2D eigenvalue weighted by molar-refractivity contribution is -0.134. The molecule has 0 unspecified atom stereocenters. The molecule has 1 saturated heterocycles. The Morgan fingerprint density at radius 2 is 1.71 bits per heavy atom. The van der Waals surface area contributed by atoms with Crippen LogP contribution in [0.1, 0.15) is 44.9 Å². The van der Waals surface area contributed by atoms with Gasteiger partial charge in [-0.2, -0.15) is 0 Å². The van der Waals surface area contributed by atoms with Gasteiger partial charge in [0.25, 0.3) is 0 Å². The van der Waals surface area contributed by atoms with E-state index in [-0.39, 0.29) is 17.7 Å². The predicted molar refractivity (Wildman–Crippen MR) is 96.5 cm³/mol. The maximum atomic E-state index is 12.3. The summed E-state index contributed by atoms with van der Waals surface area (Å²) in [5.74, 6) is 0.290. The first-order chi connectivity index (χ1) is 11.7. The zero-order valence-corrected chi connectivity index (χ0v) is 14.4. The van der Waals surface area contributed by atoms with Crippen molar-refractivity contribution in [2.75, 3.05) is 25.0 Å². The quantitative estimate of drug-likeness (QED) is 0.719. The fourth-order valence-corrected chi connectivity index (χ4v) is 3.09. The average molecular weight is 331 g/mol. The van der Waals surface area contributed by atoms with E-state index >= 15 is 0 Å². The molecule has 5 heteroatoms. The van der Waals surface area contributed by atoms with Crippen LogP contribution in [0, 0.1) is 5.92 Å². The Balaban J connectivity index is 1.67. The molecule has 1 fully saturated rings. The van der Waals surface area contributed by atoms with Crippen molar-refractivity contribution in [3.63, 3.8) is 0 Å². The van der Waals surface area contributed by atoms with Gasteiger partial charge in [0.05, 0.1) is 0 Å². The summed E-state index contributed by atoms with van der Waals surface area (Å²) >= 11 is 0. The van der Waals surface area contributed by atoms with Crippen LogP contribution in [-0.2, 0) is 9.59 Å². The van der Waals surface area contributed by atoms with Crippen molar-refractivity contribution in [2.45, 2.75) is 44.9 Å². The first-order valence-corrected chi connectivity index (χ1v) is 9.04. The molecule has 2 amide bonds. The summed E-state index contributed by atoms with van der Waals surface area (Å²) in [6, 6.07) is 9.52. The minimum atomic E-state index is -0.00110. The molecule has 5 nitrogen and oxygen atoms in total. The number of amides is 2. The number of hydrogen-bond acceptors (Lipinski definition) is 3. The van der Waals surface area contributed by atoms with Gasteiger partial charge in [0, 0.05) is 31.1 Å². The molecule has 0 atom stereocenters. The molecule has 132 valence electrons. The minimum absolute atomic E-state index is 0.00110. The number of nitrogens with zero attached hydrogens (tertiary/aromatic N) is 1. The van der Waals surface area contributed by atoms with Crippen LogP contribution in [0.2, 0.25) is 0 Å². The molecule has 0 aliphatic carbocycles. The van der Waals surface area contributed by atoms with Crippen molar-refractivity contribution in [1.82, 2.24) is 4.90 Å². The lowest BCUT2D eigenvalue weighted by Crippen LogP contribution is -2.41. The lowest BCUT2D eigenvalue weighted by Gasteiger charge is -2.31. The minimum Gasteiger partial charge on any atom is -0.343 e. The van der Waals surface area contributed by atoms with Gasteiger partial charge in [0.15, 0.2) is 0 Å². The Morgan fingerprint density at radius 1 is 1.04 bits per heavy atom. The van der Waals surface area contributed by atoms with Gasteiger partial charge in [-0.05, 0) is 44.4 Å². The third-order valence-electron chi connectivity index (χ3n) is 4.60. The number of benzene rings is 1. The molecule has 1 aliphatic heterocycles. The fourth-order valence-electron chi connectivity index (χ4n) is 3.09. The molecular weight excluding hydrogens is 302 g/mol. The molecule has 24 heavy (non-hydrogen) atoms. The maximum Gasteiger partial charge on any atom is 0.227 e. The Labute approximate surface area is 144 Å². The van der Waals surface area contributed by atoms with Gasteiger partial charge in [0.1, 0.15) is 0 Å². The number of nitrogens with two attached hydrogens (primary N) is 1. The van der Waals surface area contributed by atoms with E-state index in [4.69, 9.17) is 5.73 Å². The molecule has 1 aliphatic rings. The second kappa shape index (κ2) is 10.1. The highest BCUT2D eigenvalue weighted by molar-refractivity contribution is 5.92. The molecule has 2 rings (SSSR count). The van der Waals surface area contributed by atoms with Crippen LogP contribution in [-0.4, -0.2) is 36.3 Å². The fraction of sp³-hybridized carbons (Fsp3) is 0.579. The number of carbonyl (C=O) groups excluding carboxylic acids is 2. The molecule has 0 saturated carbocycles. The molecule has 0 radical (unpaired) electrons. The predicted octanol–water partition coefficient (Wildman–Crippen LogP) is 2.77. The molecule has 0 aromatic heterocycles. The topological polar surface area (TPSA) is 75.4 Å². The normalized spacial score (nSPS) is 15.3. The number of rotatable bonds is 8. The summed E-state index contributed by atoms with van der Waals surface area (Å²) in [4.78, 5) is 26.4. The van der Waals surface area contributed by atoms with Gasteiger partial charge in [0.2, 0.25) is 11.8 Å². The van der Waals surface area contributed by atoms with Crippen molar-refractivity contribution in [1.29, 1.82) is 0 Å². The first kappa shape index (κ1) is 18.5. The van der Waals surface area contributed by atoms with Gasteiger partial charge < -0.3 is 16.0 Å². The van der Waals surface area contributed by atoms with E-state index in [1.54, 1.807) is 0 Å². The number of nitrogens with one attached hydrogen (secondary N) is 1. The number of hydrogen-bond donors (Lipinski definition) is 2. The molecule has 0 spiro atoms. The molecule has 1 aromatic rings. The highest BCUT2D eigenvalue weighted by atomic mass is 16.2. The Hall–Kier alpha value is -1.88. The Kier molecular flexibility index (Phi) is 7.75. The summed E-state index contributed by atoms with van der Waals surface area (Å²) < 4.78 is 0. The van der Waals surface area contributed by atoms with Gasteiger partial charge in [-0.3, -0.25) is 9.59 Å². The average Bonchev–Trinajstić information content (AvgIpc) is 2.62. The molecule has 1 heterocycles. The van der Waals surface area contributed by atoms with Crippen molar-refractivity contribution >= 4 is 17.5 Å². The van der Waals surface area contributed by atoms with Gasteiger partial charge in [-0.25, -0.2) is 0 Å². The number of anilines is 1. The van der Waals surface area contributed by atoms with Gasteiger partial charge in [-0.15, -0.1) is 0 Å². The SMILES string of the molecule is NCCCCCCC(=O)N1CCC(C(=O)Nc2ccccc2)CC1. The highest BCUT2D eigenvalue weighted by Crippen LogP contribution is 2.20. The van der Waals surface area contributed by atoms with E-state index in [1.807, 2.05) is 35.2 Å². The highest BCUT2D eigenvalue weighted by Gasteiger charge is 2.27. The largest absolute Gasteiger partial charge is 0.343 e. The van der Waals surface area contributed by atoms with Crippen LogP contribution in [0.3, 0.4) is 0 Å². The summed E-state index contributed by atoms with van der Waals surface area (Å²) in [5, 5.41) is 2.96. The van der Waals surface area contributed by atoms with E-state index in [1.165, 1.54) is 0 Å². The van der Waals surface area contributed by atoms with E-state index < -0.39 is 0 Å². The second-order valence-electron chi connectivity index (χ2n) is 6.46. The summed E-state index contributed by atoms with van der Waals surface area (Å²) in [6.45, 7) is 2.11. The molecular formula is C19H29N3O2. The number of unbranched alkanes of at least 4 members (excludes halogenated alkanes) is 3. The Morgan fingerprint density at radius 3 is 2.38 bits per heavy atom. The van der Waals surface area contributed by atoms with Crippen LogP contribution in [0.25, 0.3) is 0 Å². The van der Waals surface area contributed by atoms with Crippen molar-refractivity contribution < 1.29 is 9.59 Å². The van der Waals surface area contributed by atoms with E-state index in [0.29, 0.717) is 19.5 Å². The van der Waals surface area contributed by atoms with Crippen molar-refractivity contribution in [2.24, 2.45) is 11.7 Å². The van der Waals surface area contributed by atoms with Crippen molar-refractivity contribution in [3.8, 4) is 0 Å². The zero-order valence-electron chi connectivity index (χ0n) is 14.4. The third-order valence-corrected chi connectivity index (χ3v) is 4.60. The van der Waals surface area contributed by atoms with Gasteiger partial charge in [-0.1, -0.05) is 31.0 Å². The van der Waals surface area contributed by atoms with Crippen LogP contribution in [0.4, 0.5) is 5.69 Å². The number of likely N-dealkylation sites (tertiary alicyclic amines) is 1. The second-order valence-corrected chi connectivity index (χ2v) is 6.46. The zero-order chi connectivity index (χ0) is 17.2. The van der Waals surface area contributed by atoms with Crippen LogP contribution >= 0.6 is 0 Å². The number of piperidine rings is 1. The first-order valence-electron chi connectivity index (χ1n) is 9.04. The standard InChI is InChI=1S/C19H29N3O2/c20-13-7-2-1-6-10-18(23)22-14-11-16(12-15-22)19(24)21-17-8-4-3-5-9-17/h3-5,8-9,16H,1-2,6-7,10-15,20H2,(H,21,24). The summed E-state index contributed by atoms with van der Waals surface area (Å²) in [6.07, 6.45) is 6.26. The number of para-hydroxylation sites is 1. The van der Waals surface area contributed by atoms with E-state index in [9.17, 15) is 9.59 Å². The maximum absolute atomic E-state index is 12.3. The molecule has 0 bridgehead atoms. The summed E-state index contributed by atoms with van der Waals surface area (Å²) in [5.41, 5.74) is 6.30. The van der Waals surface area contributed by atoms with Crippen LogP contribution in [0.5, 0.6) is 0 Å². The van der Waals surface area contributed by atoms with E-state index in [2.05, 4.69) is 5.32 Å². The smallest absolute Gasteiger partial charge is 0.227 e. The van der Waals surface area contributed by atoms with Crippen LogP contribution < -0.4 is 11.1 Å². The van der Waals surface area contributed by atoms with Crippen molar-refractivity contribution in [3.05, 3.63) is 30.3 Å². The Bertz CT molecular complexity index is 511. The lowest BCUT2D eigenvalue weighted by atomic mass is 9.95. The van der Waals surface area contributed by atoms with E-state index in [0.717, 1.165) is 50.8 Å². The molecule has 1 aromatic carbocycles. The third kappa shape index (κ3) is 5.96.